The molecule has 0 amide bonds. The van der Waals surface area contributed by atoms with Gasteiger partial charge in [-0.3, -0.25) is 0 Å². The zero-order valence-electron chi connectivity index (χ0n) is 33.6. The predicted molar refractivity (Wildman–Crippen MR) is 255 cm³/mol. The van der Waals surface area contributed by atoms with E-state index >= 15 is 0 Å². The molecule has 1 heterocycles. The van der Waals surface area contributed by atoms with Gasteiger partial charge >= 0.3 is 0 Å². The summed E-state index contributed by atoms with van der Waals surface area (Å²) >= 11 is 0. The zero-order chi connectivity index (χ0) is 40.2. The Labute approximate surface area is 350 Å². The number of hydrogen-bond acceptors (Lipinski definition) is 2. The summed E-state index contributed by atoms with van der Waals surface area (Å²) in [7, 11) is 0. The Bertz CT molecular complexity index is 3350. The smallest absolute Gasteiger partial charge is 0.143 e. The van der Waals surface area contributed by atoms with Crippen LogP contribution < -0.4 is 4.90 Å². The van der Waals surface area contributed by atoms with Crippen LogP contribution in [0.2, 0.25) is 0 Å². The average molecular weight is 768 g/mol. The SMILES string of the molecule is Cc1ccc2oc3c(-c4ccc(N(c5ccc(-c6ccc(-c7cccc8ccccc78)cc6)cc5)c5ccc(-c6ccc7ccccc7c6)cc5)cc4)cc(C)cc3c2c1. The summed E-state index contributed by atoms with van der Waals surface area (Å²) in [5.41, 5.74) is 17.0. The number of hydrogen-bond donors (Lipinski definition) is 0. The van der Waals surface area contributed by atoms with E-state index in [9.17, 15) is 0 Å². The fraction of sp³-hybridized carbons (Fsp3) is 0.0345. The van der Waals surface area contributed by atoms with Crippen LogP contribution in [0.5, 0.6) is 0 Å². The summed E-state index contributed by atoms with van der Waals surface area (Å²) in [6.45, 7) is 4.30. The highest BCUT2D eigenvalue weighted by Crippen LogP contribution is 2.41. The molecule has 0 fully saturated rings. The third-order valence-corrected chi connectivity index (χ3v) is 12.0. The molecule has 11 aromatic rings. The summed E-state index contributed by atoms with van der Waals surface area (Å²) in [5.74, 6) is 0. The highest BCUT2D eigenvalue weighted by molar-refractivity contribution is 6.10. The number of furan rings is 1. The number of nitrogens with zero attached hydrogens (tertiary/aromatic N) is 1. The van der Waals surface area contributed by atoms with Gasteiger partial charge in [-0.2, -0.15) is 0 Å². The number of fused-ring (bicyclic) bond motifs is 5. The third kappa shape index (κ3) is 6.40. The van der Waals surface area contributed by atoms with Gasteiger partial charge in [-0.25, -0.2) is 0 Å². The molecule has 60 heavy (non-hydrogen) atoms. The molecule has 0 atom stereocenters. The van der Waals surface area contributed by atoms with E-state index in [0.29, 0.717) is 0 Å². The van der Waals surface area contributed by atoms with Crippen molar-refractivity contribution in [3.05, 3.63) is 223 Å². The number of rotatable bonds is 7. The number of benzene rings is 10. The van der Waals surface area contributed by atoms with Crippen LogP contribution in [0.25, 0.3) is 88.0 Å². The first-order chi connectivity index (χ1) is 29.5. The Morgan fingerprint density at radius 2 is 0.833 bits per heavy atom. The van der Waals surface area contributed by atoms with Gasteiger partial charge in [0.25, 0.3) is 0 Å². The normalized spacial score (nSPS) is 11.5. The summed E-state index contributed by atoms with van der Waals surface area (Å²) < 4.78 is 6.52. The van der Waals surface area contributed by atoms with Gasteiger partial charge in [-0.1, -0.05) is 151 Å². The lowest BCUT2D eigenvalue weighted by atomic mass is 9.96. The second kappa shape index (κ2) is 14.6. The van der Waals surface area contributed by atoms with Crippen LogP contribution in [0.1, 0.15) is 11.1 Å². The second-order valence-electron chi connectivity index (χ2n) is 15.9. The lowest BCUT2D eigenvalue weighted by Crippen LogP contribution is -2.09. The molecule has 0 aliphatic carbocycles. The zero-order valence-corrected chi connectivity index (χ0v) is 33.6. The largest absolute Gasteiger partial charge is 0.455 e. The lowest BCUT2D eigenvalue weighted by Gasteiger charge is -2.26. The quantitative estimate of drug-likeness (QED) is 0.161. The molecule has 0 unspecified atom stereocenters. The maximum atomic E-state index is 6.52. The van der Waals surface area contributed by atoms with E-state index in [1.165, 1.54) is 66.1 Å². The minimum absolute atomic E-state index is 0.918. The van der Waals surface area contributed by atoms with Crippen LogP contribution >= 0.6 is 0 Å². The molecular formula is C58H41NO. The van der Waals surface area contributed by atoms with Crippen molar-refractivity contribution in [2.75, 3.05) is 4.90 Å². The first kappa shape index (κ1) is 35.5. The molecule has 0 bridgehead atoms. The van der Waals surface area contributed by atoms with Gasteiger partial charge < -0.3 is 9.32 Å². The van der Waals surface area contributed by atoms with Crippen LogP contribution in [0.4, 0.5) is 17.1 Å². The molecular weight excluding hydrogens is 727 g/mol. The van der Waals surface area contributed by atoms with Gasteiger partial charge in [-0.15, -0.1) is 0 Å². The van der Waals surface area contributed by atoms with Crippen LogP contribution in [-0.4, -0.2) is 0 Å². The van der Waals surface area contributed by atoms with Gasteiger partial charge in [0.2, 0.25) is 0 Å². The summed E-state index contributed by atoms with van der Waals surface area (Å²) in [5, 5.41) is 7.34. The number of anilines is 3. The fourth-order valence-electron chi connectivity index (χ4n) is 8.88. The van der Waals surface area contributed by atoms with Crippen molar-refractivity contribution in [3.8, 4) is 44.5 Å². The molecule has 0 N–H and O–H groups in total. The standard InChI is InChI=1S/C58H41NO/c1-38-14-33-57-55(34-38)56-36-39(2)35-54(58(56)60-57)46-25-31-51(32-26-46)59(50-29-23-43(24-30-50)48-20-17-40-8-3-4-10-47(40)37-48)49-27-21-42(22-28-49)41-15-18-45(19-16-41)53-13-7-11-44-9-5-6-12-52(44)53/h3-37H,1-2H3. The maximum absolute atomic E-state index is 6.52. The summed E-state index contributed by atoms with van der Waals surface area (Å²) in [6.07, 6.45) is 0. The minimum Gasteiger partial charge on any atom is -0.455 e. The Morgan fingerprint density at radius 3 is 1.53 bits per heavy atom. The molecule has 0 spiro atoms. The highest BCUT2D eigenvalue weighted by Gasteiger charge is 2.17. The average Bonchev–Trinajstić information content (AvgIpc) is 3.66. The van der Waals surface area contributed by atoms with E-state index < -0.39 is 0 Å². The van der Waals surface area contributed by atoms with Crippen LogP contribution in [0.3, 0.4) is 0 Å². The van der Waals surface area contributed by atoms with Crippen molar-refractivity contribution < 1.29 is 4.42 Å². The third-order valence-electron chi connectivity index (χ3n) is 12.0. The van der Waals surface area contributed by atoms with E-state index in [1.54, 1.807) is 0 Å². The van der Waals surface area contributed by atoms with Crippen molar-refractivity contribution in [3.63, 3.8) is 0 Å². The summed E-state index contributed by atoms with van der Waals surface area (Å²) in [6, 6.07) is 77.0. The van der Waals surface area contributed by atoms with Crippen LogP contribution in [-0.2, 0) is 0 Å². The Morgan fingerprint density at radius 1 is 0.317 bits per heavy atom. The second-order valence-corrected chi connectivity index (χ2v) is 15.9. The molecule has 0 radical (unpaired) electrons. The molecule has 11 rings (SSSR count). The van der Waals surface area contributed by atoms with Crippen LogP contribution in [0, 0.1) is 13.8 Å². The molecule has 2 nitrogen and oxygen atoms in total. The molecule has 2 heteroatoms. The molecule has 0 aliphatic heterocycles. The molecule has 1 aromatic heterocycles. The van der Waals surface area contributed by atoms with Gasteiger partial charge in [0.05, 0.1) is 0 Å². The Kier molecular flexibility index (Phi) is 8.64. The lowest BCUT2D eigenvalue weighted by molar-refractivity contribution is 0.670. The van der Waals surface area contributed by atoms with E-state index in [1.807, 2.05) is 0 Å². The molecule has 284 valence electrons. The summed E-state index contributed by atoms with van der Waals surface area (Å²) in [4.78, 5) is 2.34. The van der Waals surface area contributed by atoms with Gasteiger partial charge in [-0.05, 0) is 147 Å². The fourth-order valence-corrected chi connectivity index (χ4v) is 8.88. The van der Waals surface area contributed by atoms with Crippen molar-refractivity contribution in [1.82, 2.24) is 0 Å². The first-order valence-corrected chi connectivity index (χ1v) is 20.6. The van der Waals surface area contributed by atoms with E-state index in [0.717, 1.165) is 50.1 Å². The van der Waals surface area contributed by atoms with E-state index in [2.05, 4.69) is 231 Å². The Hall–Kier alpha value is -7.68. The van der Waals surface area contributed by atoms with Gasteiger partial charge in [0.1, 0.15) is 11.2 Å². The highest BCUT2D eigenvalue weighted by atomic mass is 16.3. The monoisotopic (exact) mass is 767 g/mol. The van der Waals surface area contributed by atoms with Crippen molar-refractivity contribution >= 4 is 60.5 Å². The topological polar surface area (TPSA) is 16.4 Å². The van der Waals surface area contributed by atoms with E-state index in [-0.39, 0.29) is 0 Å². The molecule has 10 aromatic carbocycles. The maximum Gasteiger partial charge on any atom is 0.143 e. The minimum atomic E-state index is 0.918. The van der Waals surface area contributed by atoms with Crippen molar-refractivity contribution in [1.29, 1.82) is 0 Å². The predicted octanol–water partition coefficient (Wildman–Crippen LogP) is 16.6. The van der Waals surface area contributed by atoms with Crippen molar-refractivity contribution in [2.45, 2.75) is 13.8 Å². The number of aryl methyl sites for hydroxylation is 2. The van der Waals surface area contributed by atoms with Crippen LogP contribution in [0.15, 0.2) is 217 Å². The van der Waals surface area contributed by atoms with E-state index in [4.69, 9.17) is 4.42 Å². The first-order valence-electron chi connectivity index (χ1n) is 20.6. The molecule has 0 saturated heterocycles. The van der Waals surface area contributed by atoms with Gasteiger partial charge in [0, 0.05) is 33.4 Å². The molecule has 0 aliphatic rings. The Balaban J connectivity index is 0.956. The van der Waals surface area contributed by atoms with Gasteiger partial charge in [0.15, 0.2) is 0 Å². The molecule has 0 saturated carbocycles. The van der Waals surface area contributed by atoms with Crippen molar-refractivity contribution in [2.24, 2.45) is 0 Å².